The quantitative estimate of drug-likeness (QED) is 0.711. The molecule has 3 rings (SSSR count). The summed E-state index contributed by atoms with van der Waals surface area (Å²) < 4.78 is 1.94. The Hall–Kier alpha value is -2.27. The number of fused-ring (bicyclic) bond motifs is 1. The van der Waals surface area contributed by atoms with E-state index in [-0.39, 0.29) is 4.99 Å². The molecule has 2 heterocycles. The number of para-hydroxylation sites is 2. The van der Waals surface area contributed by atoms with Gasteiger partial charge < -0.3 is 5.73 Å². The first-order valence-corrected chi connectivity index (χ1v) is 5.85. The zero-order chi connectivity index (χ0) is 12.5. The Morgan fingerprint density at radius 1 is 1.11 bits per heavy atom. The highest BCUT2D eigenvalue weighted by Crippen LogP contribution is 2.19. The van der Waals surface area contributed by atoms with Crippen molar-refractivity contribution < 1.29 is 0 Å². The highest BCUT2D eigenvalue weighted by molar-refractivity contribution is 7.80. The molecule has 3 aromatic rings. The molecule has 0 spiro atoms. The average Bonchev–Trinajstić information content (AvgIpc) is 2.82. The summed E-state index contributed by atoms with van der Waals surface area (Å²) >= 11 is 5.03. The number of nitrogens with zero attached hydrogens (tertiary/aromatic N) is 3. The molecule has 0 bridgehead atoms. The maximum atomic E-state index is 5.70. The SMILES string of the molecule is NC(=S)c1ncccc1-n1cnc2ccccc21. The van der Waals surface area contributed by atoms with Crippen LogP contribution in [0.15, 0.2) is 48.9 Å². The second kappa shape index (κ2) is 4.19. The smallest absolute Gasteiger partial charge is 0.124 e. The maximum Gasteiger partial charge on any atom is 0.124 e. The minimum atomic E-state index is 0.281. The number of pyridine rings is 1. The zero-order valence-corrected chi connectivity index (χ0v) is 10.3. The Kier molecular flexibility index (Phi) is 2.53. The molecule has 88 valence electrons. The first-order chi connectivity index (χ1) is 8.77. The van der Waals surface area contributed by atoms with Gasteiger partial charge in [-0.25, -0.2) is 4.98 Å². The van der Waals surface area contributed by atoms with E-state index >= 15 is 0 Å². The molecule has 0 aliphatic rings. The van der Waals surface area contributed by atoms with Crippen LogP contribution in [0.5, 0.6) is 0 Å². The van der Waals surface area contributed by atoms with Gasteiger partial charge in [0.2, 0.25) is 0 Å². The average molecular weight is 254 g/mol. The minimum absolute atomic E-state index is 0.281. The number of hydrogen-bond acceptors (Lipinski definition) is 3. The molecule has 0 amide bonds. The predicted octanol–water partition coefficient (Wildman–Crippen LogP) is 2.05. The summed E-state index contributed by atoms with van der Waals surface area (Å²) in [7, 11) is 0. The number of rotatable bonds is 2. The molecule has 0 saturated carbocycles. The molecule has 1 aromatic carbocycles. The van der Waals surface area contributed by atoms with Crippen LogP contribution in [0.3, 0.4) is 0 Å². The monoisotopic (exact) mass is 254 g/mol. The van der Waals surface area contributed by atoms with Crippen LogP contribution in [0.25, 0.3) is 16.7 Å². The Labute approximate surface area is 109 Å². The van der Waals surface area contributed by atoms with Crippen molar-refractivity contribution in [2.24, 2.45) is 5.73 Å². The largest absolute Gasteiger partial charge is 0.388 e. The van der Waals surface area contributed by atoms with Gasteiger partial charge in [0, 0.05) is 6.20 Å². The topological polar surface area (TPSA) is 56.7 Å². The van der Waals surface area contributed by atoms with Gasteiger partial charge in [-0.1, -0.05) is 24.4 Å². The lowest BCUT2D eigenvalue weighted by Gasteiger charge is -2.08. The molecule has 0 radical (unpaired) electrons. The maximum absolute atomic E-state index is 5.70. The van der Waals surface area contributed by atoms with Crippen LogP contribution in [-0.4, -0.2) is 19.5 Å². The summed E-state index contributed by atoms with van der Waals surface area (Å²) in [5, 5.41) is 0. The second-order valence-electron chi connectivity index (χ2n) is 3.84. The van der Waals surface area contributed by atoms with E-state index in [1.54, 1.807) is 12.5 Å². The molecular weight excluding hydrogens is 244 g/mol. The number of hydrogen-bond donors (Lipinski definition) is 1. The number of benzene rings is 1. The first-order valence-electron chi connectivity index (χ1n) is 5.44. The van der Waals surface area contributed by atoms with Crippen LogP contribution in [0.1, 0.15) is 5.69 Å². The van der Waals surface area contributed by atoms with Gasteiger partial charge in [-0.15, -0.1) is 0 Å². The lowest BCUT2D eigenvalue weighted by atomic mass is 10.2. The number of thiocarbonyl (C=S) groups is 1. The fraction of sp³-hybridized carbons (Fsp3) is 0. The van der Waals surface area contributed by atoms with Gasteiger partial charge in [-0.2, -0.15) is 0 Å². The van der Waals surface area contributed by atoms with Crippen LogP contribution >= 0.6 is 12.2 Å². The predicted molar refractivity (Wildman–Crippen MR) is 74.8 cm³/mol. The normalized spacial score (nSPS) is 10.7. The van der Waals surface area contributed by atoms with Crippen molar-refractivity contribution in [1.82, 2.24) is 14.5 Å². The van der Waals surface area contributed by atoms with Gasteiger partial charge >= 0.3 is 0 Å². The molecule has 2 aromatic heterocycles. The van der Waals surface area contributed by atoms with Crippen molar-refractivity contribution >= 4 is 28.2 Å². The molecule has 5 heteroatoms. The number of imidazole rings is 1. The van der Waals surface area contributed by atoms with Gasteiger partial charge in [0.05, 0.1) is 16.7 Å². The van der Waals surface area contributed by atoms with Crippen molar-refractivity contribution in [3.63, 3.8) is 0 Å². The van der Waals surface area contributed by atoms with E-state index < -0.39 is 0 Å². The van der Waals surface area contributed by atoms with E-state index in [4.69, 9.17) is 18.0 Å². The van der Waals surface area contributed by atoms with E-state index in [2.05, 4.69) is 9.97 Å². The zero-order valence-electron chi connectivity index (χ0n) is 9.45. The summed E-state index contributed by atoms with van der Waals surface area (Å²) in [6, 6.07) is 11.7. The molecule has 0 aliphatic heterocycles. The molecule has 18 heavy (non-hydrogen) atoms. The molecule has 2 N–H and O–H groups in total. The van der Waals surface area contributed by atoms with E-state index in [1.807, 2.05) is 41.0 Å². The van der Waals surface area contributed by atoms with Gasteiger partial charge in [0.25, 0.3) is 0 Å². The van der Waals surface area contributed by atoms with E-state index in [0.29, 0.717) is 5.69 Å². The van der Waals surface area contributed by atoms with Gasteiger partial charge in [-0.05, 0) is 24.3 Å². The van der Waals surface area contributed by atoms with Crippen LogP contribution < -0.4 is 5.73 Å². The van der Waals surface area contributed by atoms with E-state index in [9.17, 15) is 0 Å². The van der Waals surface area contributed by atoms with Crippen molar-refractivity contribution in [2.45, 2.75) is 0 Å². The Morgan fingerprint density at radius 2 is 1.94 bits per heavy atom. The molecule has 0 unspecified atom stereocenters. The van der Waals surface area contributed by atoms with Crippen molar-refractivity contribution in [3.05, 3.63) is 54.6 Å². The lowest BCUT2D eigenvalue weighted by Crippen LogP contribution is -2.15. The summed E-state index contributed by atoms with van der Waals surface area (Å²) in [6.45, 7) is 0. The third kappa shape index (κ3) is 1.65. The standard InChI is InChI=1S/C13H10N4S/c14-13(18)12-11(6-3-7-15-12)17-8-16-9-4-1-2-5-10(9)17/h1-8H,(H2,14,18). The summed E-state index contributed by atoms with van der Waals surface area (Å²) in [5.74, 6) is 0. The number of aromatic nitrogens is 3. The van der Waals surface area contributed by atoms with Gasteiger partial charge in [0.15, 0.2) is 0 Å². The van der Waals surface area contributed by atoms with Crippen molar-refractivity contribution in [1.29, 1.82) is 0 Å². The third-order valence-electron chi connectivity index (χ3n) is 2.73. The van der Waals surface area contributed by atoms with Crippen molar-refractivity contribution in [3.8, 4) is 5.69 Å². The fourth-order valence-corrected chi connectivity index (χ4v) is 2.09. The summed E-state index contributed by atoms with van der Waals surface area (Å²) in [4.78, 5) is 8.85. The Morgan fingerprint density at radius 3 is 2.78 bits per heavy atom. The molecule has 4 nitrogen and oxygen atoms in total. The molecule has 0 saturated heterocycles. The third-order valence-corrected chi connectivity index (χ3v) is 2.93. The van der Waals surface area contributed by atoms with Gasteiger partial charge in [0.1, 0.15) is 17.0 Å². The molecular formula is C13H10N4S. The van der Waals surface area contributed by atoms with Crippen LogP contribution in [0.2, 0.25) is 0 Å². The lowest BCUT2D eigenvalue weighted by molar-refractivity contribution is 1.06. The van der Waals surface area contributed by atoms with E-state index in [0.717, 1.165) is 16.7 Å². The first kappa shape index (κ1) is 10.9. The fourth-order valence-electron chi connectivity index (χ4n) is 1.93. The van der Waals surface area contributed by atoms with Gasteiger partial charge in [-0.3, -0.25) is 9.55 Å². The summed E-state index contributed by atoms with van der Waals surface area (Å²) in [5.41, 5.74) is 9.08. The Bertz CT molecular complexity index is 732. The van der Waals surface area contributed by atoms with Crippen molar-refractivity contribution in [2.75, 3.05) is 0 Å². The highest BCUT2D eigenvalue weighted by atomic mass is 32.1. The summed E-state index contributed by atoms with van der Waals surface area (Å²) in [6.07, 6.45) is 3.43. The second-order valence-corrected chi connectivity index (χ2v) is 4.28. The minimum Gasteiger partial charge on any atom is -0.388 e. The highest BCUT2D eigenvalue weighted by Gasteiger charge is 2.10. The molecule has 0 atom stereocenters. The molecule has 0 aliphatic carbocycles. The molecule has 0 fully saturated rings. The van der Waals surface area contributed by atoms with Crippen LogP contribution in [0.4, 0.5) is 0 Å². The van der Waals surface area contributed by atoms with Crippen LogP contribution in [-0.2, 0) is 0 Å². The van der Waals surface area contributed by atoms with Crippen LogP contribution in [0, 0.1) is 0 Å². The Balaban J connectivity index is 2.30. The van der Waals surface area contributed by atoms with E-state index in [1.165, 1.54) is 0 Å². The number of nitrogens with two attached hydrogens (primary N) is 1.